The van der Waals surface area contributed by atoms with Crippen LogP contribution in [0.5, 0.6) is 0 Å². The Balaban J connectivity index is 2.14. The summed E-state index contributed by atoms with van der Waals surface area (Å²) < 4.78 is 3.16. The number of aliphatic hydroxyl groups excluding tert-OH is 1. The first kappa shape index (κ1) is 11.4. The van der Waals surface area contributed by atoms with Gasteiger partial charge in [-0.25, -0.2) is 0 Å². The van der Waals surface area contributed by atoms with Crippen LogP contribution in [0.25, 0.3) is 0 Å². The van der Waals surface area contributed by atoms with Gasteiger partial charge in [-0.2, -0.15) is 0 Å². The minimum Gasteiger partial charge on any atom is -0.389 e. The van der Waals surface area contributed by atoms with Gasteiger partial charge in [0.1, 0.15) is 0 Å². The van der Waals surface area contributed by atoms with Gasteiger partial charge in [0.05, 0.1) is 6.10 Å². The van der Waals surface area contributed by atoms with E-state index < -0.39 is 6.10 Å². The maximum Gasteiger partial charge on any atom is 0.0776 e. The third-order valence-corrected chi connectivity index (χ3v) is 3.00. The summed E-state index contributed by atoms with van der Waals surface area (Å²) in [5, 5.41) is 9.43. The molecule has 1 N–H and O–H groups in total. The number of halogens is 1. The molecule has 1 atom stereocenters. The molecule has 0 spiro atoms. The van der Waals surface area contributed by atoms with Crippen LogP contribution in [0.15, 0.2) is 47.2 Å². The zero-order valence-electron chi connectivity index (χ0n) is 9.10. The van der Waals surface area contributed by atoms with E-state index in [1.807, 2.05) is 30.6 Å². The smallest absolute Gasteiger partial charge is 0.0776 e. The number of aromatic nitrogens is 1. The van der Waals surface area contributed by atoms with Gasteiger partial charge in [0.2, 0.25) is 0 Å². The summed E-state index contributed by atoms with van der Waals surface area (Å²) in [7, 11) is 0. The van der Waals surface area contributed by atoms with Crippen LogP contribution < -0.4 is 0 Å². The number of nitrogens with zero attached hydrogens (tertiary/aromatic N) is 1. The molecule has 0 saturated carbocycles. The van der Waals surface area contributed by atoms with Crippen molar-refractivity contribution >= 4 is 15.9 Å². The number of benzene rings is 1. The first-order valence-electron chi connectivity index (χ1n) is 5.23. The predicted molar refractivity (Wildman–Crippen MR) is 68.3 cm³/mol. The number of hydrogen-bond acceptors (Lipinski definition) is 1. The van der Waals surface area contributed by atoms with Crippen molar-refractivity contribution in [3.63, 3.8) is 0 Å². The molecule has 3 heteroatoms. The zero-order valence-corrected chi connectivity index (χ0v) is 10.7. The predicted octanol–water partition coefficient (Wildman–Crippen LogP) is 3.35. The Hall–Kier alpha value is -1.06. The van der Waals surface area contributed by atoms with Crippen molar-refractivity contribution < 1.29 is 5.11 Å². The molecule has 2 rings (SSSR count). The second-order valence-corrected chi connectivity index (χ2v) is 4.84. The van der Waals surface area contributed by atoms with Crippen molar-refractivity contribution in [2.75, 3.05) is 0 Å². The number of rotatable bonds is 3. The van der Waals surface area contributed by atoms with Gasteiger partial charge < -0.3 is 9.67 Å². The molecule has 0 aliphatic heterocycles. The van der Waals surface area contributed by atoms with E-state index >= 15 is 0 Å². The highest BCUT2D eigenvalue weighted by Gasteiger charge is 2.03. The van der Waals surface area contributed by atoms with Crippen LogP contribution >= 0.6 is 15.9 Å². The monoisotopic (exact) mass is 279 g/mol. The maximum atomic E-state index is 9.43. The van der Waals surface area contributed by atoms with Crippen LogP contribution in [0, 0.1) is 0 Å². The second kappa shape index (κ2) is 4.85. The molecule has 1 aromatic carbocycles. The SMILES string of the molecule is CC(O)c1ccn(Cc2cccc(Br)c2)c1. The van der Waals surface area contributed by atoms with Gasteiger partial charge in [0.25, 0.3) is 0 Å². The van der Waals surface area contributed by atoms with Crippen LogP contribution in [-0.2, 0) is 6.54 Å². The van der Waals surface area contributed by atoms with Crippen LogP contribution in [-0.4, -0.2) is 9.67 Å². The lowest BCUT2D eigenvalue weighted by Crippen LogP contribution is -1.96. The highest BCUT2D eigenvalue weighted by molar-refractivity contribution is 9.10. The normalized spacial score (nSPS) is 12.7. The van der Waals surface area contributed by atoms with E-state index in [1.165, 1.54) is 5.56 Å². The van der Waals surface area contributed by atoms with Gasteiger partial charge in [-0.1, -0.05) is 28.1 Å². The molecule has 1 heterocycles. The van der Waals surface area contributed by atoms with Gasteiger partial charge in [0.15, 0.2) is 0 Å². The zero-order chi connectivity index (χ0) is 11.5. The van der Waals surface area contributed by atoms with E-state index in [9.17, 15) is 5.11 Å². The van der Waals surface area contributed by atoms with E-state index in [4.69, 9.17) is 0 Å². The Morgan fingerprint density at radius 1 is 1.38 bits per heavy atom. The summed E-state index contributed by atoms with van der Waals surface area (Å²) in [4.78, 5) is 0. The molecule has 0 bridgehead atoms. The van der Waals surface area contributed by atoms with E-state index in [1.54, 1.807) is 6.92 Å². The number of hydrogen-bond donors (Lipinski definition) is 1. The Kier molecular flexibility index (Phi) is 3.46. The van der Waals surface area contributed by atoms with Gasteiger partial charge in [-0.3, -0.25) is 0 Å². The highest BCUT2D eigenvalue weighted by Crippen LogP contribution is 2.15. The van der Waals surface area contributed by atoms with Crippen LogP contribution in [0.2, 0.25) is 0 Å². The molecule has 1 aromatic heterocycles. The van der Waals surface area contributed by atoms with E-state index in [0.29, 0.717) is 0 Å². The van der Waals surface area contributed by atoms with Crippen LogP contribution in [0.1, 0.15) is 24.2 Å². The summed E-state index contributed by atoms with van der Waals surface area (Å²) in [6.07, 6.45) is 3.57. The van der Waals surface area contributed by atoms with Crippen LogP contribution in [0.3, 0.4) is 0 Å². The average molecular weight is 280 g/mol. The Labute approximate surface area is 104 Å². The van der Waals surface area contributed by atoms with Crippen molar-refractivity contribution in [2.24, 2.45) is 0 Å². The fourth-order valence-electron chi connectivity index (χ4n) is 1.65. The third-order valence-electron chi connectivity index (χ3n) is 2.51. The van der Waals surface area contributed by atoms with Crippen molar-refractivity contribution in [3.8, 4) is 0 Å². The minimum atomic E-state index is -0.399. The lowest BCUT2D eigenvalue weighted by molar-refractivity contribution is 0.199. The first-order valence-corrected chi connectivity index (χ1v) is 6.02. The van der Waals surface area contributed by atoms with Crippen molar-refractivity contribution in [1.29, 1.82) is 0 Å². The molecule has 16 heavy (non-hydrogen) atoms. The van der Waals surface area contributed by atoms with Crippen molar-refractivity contribution in [1.82, 2.24) is 4.57 Å². The maximum absolute atomic E-state index is 9.43. The Bertz CT molecular complexity index is 476. The molecule has 0 amide bonds. The Morgan fingerprint density at radius 2 is 2.19 bits per heavy atom. The molecule has 2 nitrogen and oxygen atoms in total. The number of aliphatic hydroxyl groups is 1. The van der Waals surface area contributed by atoms with Gasteiger partial charge in [0, 0.05) is 23.4 Å². The van der Waals surface area contributed by atoms with Gasteiger partial charge in [-0.15, -0.1) is 0 Å². The van der Waals surface area contributed by atoms with Crippen LogP contribution in [0.4, 0.5) is 0 Å². The van der Waals surface area contributed by atoms with Gasteiger partial charge >= 0.3 is 0 Å². The summed E-state index contributed by atoms with van der Waals surface area (Å²) in [5.41, 5.74) is 2.19. The van der Waals surface area contributed by atoms with Gasteiger partial charge in [-0.05, 0) is 36.2 Å². The first-order chi connectivity index (χ1) is 7.65. The molecular weight excluding hydrogens is 266 g/mol. The van der Waals surface area contributed by atoms with E-state index in [-0.39, 0.29) is 0 Å². The molecule has 1 unspecified atom stereocenters. The van der Waals surface area contributed by atoms with E-state index in [0.717, 1.165) is 16.6 Å². The molecular formula is C13H14BrNO. The fraction of sp³-hybridized carbons (Fsp3) is 0.231. The third kappa shape index (κ3) is 2.74. The molecule has 2 aromatic rings. The fourth-order valence-corrected chi connectivity index (χ4v) is 2.10. The molecule has 0 radical (unpaired) electrons. The molecule has 0 saturated heterocycles. The molecule has 84 valence electrons. The average Bonchev–Trinajstić information content (AvgIpc) is 2.66. The summed E-state index contributed by atoms with van der Waals surface area (Å²) in [6, 6.07) is 10.2. The highest BCUT2D eigenvalue weighted by atomic mass is 79.9. The molecule has 0 aliphatic carbocycles. The molecule has 0 fully saturated rings. The summed E-state index contributed by atoms with van der Waals surface area (Å²) >= 11 is 3.45. The van der Waals surface area contributed by atoms with Crippen molar-refractivity contribution in [2.45, 2.75) is 19.6 Å². The second-order valence-electron chi connectivity index (χ2n) is 3.92. The van der Waals surface area contributed by atoms with E-state index in [2.05, 4.69) is 32.6 Å². The quantitative estimate of drug-likeness (QED) is 0.916. The van der Waals surface area contributed by atoms with Crippen molar-refractivity contribution in [3.05, 3.63) is 58.3 Å². The Morgan fingerprint density at radius 3 is 2.81 bits per heavy atom. The lowest BCUT2D eigenvalue weighted by atomic mass is 10.2. The topological polar surface area (TPSA) is 25.2 Å². The minimum absolute atomic E-state index is 0.399. The summed E-state index contributed by atoms with van der Waals surface area (Å²) in [6.45, 7) is 2.60. The summed E-state index contributed by atoms with van der Waals surface area (Å²) in [5.74, 6) is 0. The molecule has 0 aliphatic rings. The largest absolute Gasteiger partial charge is 0.389 e. The lowest BCUT2D eigenvalue weighted by Gasteiger charge is -2.04. The standard InChI is InChI=1S/C13H14BrNO/c1-10(16)12-5-6-15(9-12)8-11-3-2-4-13(14)7-11/h2-7,9-10,16H,8H2,1H3.